The van der Waals surface area contributed by atoms with Gasteiger partial charge in [-0.15, -0.1) is 0 Å². The van der Waals surface area contributed by atoms with Gasteiger partial charge in [0.05, 0.1) is 7.11 Å². The Hall–Kier alpha value is -3.35. The number of para-hydroxylation sites is 1. The smallest absolute Gasteiger partial charge is 0.342 e. The number of esters is 1. The second kappa shape index (κ2) is 8.66. The lowest BCUT2D eigenvalue weighted by Crippen LogP contribution is -2.30. The molecule has 2 aromatic carbocycles. The number of hydrogen-bond acceptors (Lipinski definition) is 5. The van der Waals surface area contributed by atoms with Crippen LogP contribution < -0.4 is 15.4 Å². The van der Waals surface area contributed by atoms with Gasteiger partial charge in [-0.05, 0) is 43.3 Å². The molecule has 136 valence electrons. The minimum Gasteiger partial charge on any atom is -0.496 e. The van der Waals surface area contributed by atoms with E-state index in [1.807, 2.05) is 0 Å². The van der Waals surface area contributed by atoms with Crippen LogP contribution in [0.15, 0.2) is 48.5 Å². The molecule has 0 aromatic heterocycles. The fourth-order valence-electron chi connectivity index (χ4n) is 2.17. The van der Waals surface area contributed by atoms with Gasteiger partial charge in [-0.2, -0.15) is 0 Å². The van der Waals surface area contributed by atoms with E-state index in [9.17, 15) is 14.4 Å². The quantitative estimate of drug-likeness (QED) is 0.776. The highest BCUT2D eigenvalue weighted by Crippen LogP contribution is 2.19. The summed E-state index contributed by atoms with van der Waals surface area (Å²) >= 11 is 0. The highest BCUT2D eigenvalue weighted by Gasteiger charge is 2.21. The van der Waals surface area contributed by atoms with Gasteiger partial charge in [0.25, 0.3) is 5.91 Å². The third-order valence-electron chi connectivity index (χ3n) is 3.45. The second-order valence-corrected chi connectivity index (χ2v) is 5.50. The summed E-state index contributed by atoms with van der Waals surface area (Å²) < 4.78 is 10.3. The topological polar surface area (TPSA) is 93.7 Å². The SMILES string of the molecule is COc1ccccc1C(=O)O[C@H](C)C(=O)Nc1ccc(NC(C)=O)cc1. The fraction of sp³-hybridized carbons (Fsp3) is 0.211. The first kappa shape index (κ1) is 19.0. The van der Waals surface area contributed by atoms with Crippen LogP contribution in [0.5, 0.6) is 5.75 Å². The van der Waals surface area contributed by atoms with E-state index in [0.717, 1.165) is 0 Å². The van der Waals surface area contributed by atoms with Crippen LogP contribution in [0.4, 0.5) is 11.4 Å². The van der Waals surface area contributed by atoms with Crippen molar-refractivity contribution in [2.45, 2.75) is 20.0 Å². The number of ether oxygens (including phenoxy) is 2. The Morgan fingerprint density at radius 2 is 1.50 bits per heavy atom. The van der Waals surface area contributed by atoms with Crippen LogP contribution in [-0.2, 0) is 14.3 Å². The average Bonchev–Trinajstić information content (AvgIpc) is 2.62. The van der Waals surface area contributed by atoms with E-state index in [1.165, 1.54) is 21.0 Å². The van der Waals surface area contributed by atoms with E-state index >= 15 is 0 Å². The number of rotatable bonds is 6. The van der Waals surface area contributed by atoms with Gasteiger partial charge >= 0.3 is 5.97 Å². The third-order valence-corrected chi connectivity index (χ3v) is 3.45. The van der Waals surface area contributed by atoms with Crippen LogP contribution in [0, 0.1) is 0 Å². The lowest BCUT2D eigenvalue weighted by atomic mass is 10.2. The van der Waals surface area contributed by atoms with Crippen molar-refractivity contribution >= 4 is 29.2 Å². The monoisotopic (exact) mass is 356 g/mol. The summed E-state index contributed by atoms with van der Waals surface area (Å²) in [6.45, 7) is 2.89. The molecule has 0 spiro atoms. The molecule has 0 aliphatic heterocycles. The molecule has 7 nitrogen and oxygen atoms in total. The Kier molecular flexibility index (Phi) is 6.32. The molecule has 1 atom stereocenters. The lowest BCUT2D eigenvalue weighted by molar-refractivity contribution is -0.123. The van der Waals surface area contributed by atoms with E-state index in [2.05, 4.69) is 10.6 Å². The molecule has 0 unspecified atom stereocenters. The van der Waals surface area contributed by atoms with Crippen LogP contribution >= 0.6 is 0 Å². The third kappa shape index (κ3) is 5.07. The van der Waals surface area contributed by atoms with E-state index < -0.39 is 18.0 Å². The zero-order valence-electron chi connectivity index (χ0n) is 14.7. The Bertz CT molecular complexity index is 802. The predicted molar refractivity (Wildman–Crippen MR) is 97.2 cm³/mol. The number of methoxy groups -OCH3 is 1. The first-order valence-electron chi connectivity index (χ1n) is 7.93. The molecular formula is C19H20N2O5. The molecule has 7 heteroatoms. The van der Waals surface area contributed by atoms with Gasteiger partial charge in [-0.25, -0.2) is 4.79 Å². The van der Waals surface area contributed by atoms with Crippen LogP contribution in [0.25, 0.3) is 0 Å². The van der Waals surface area contributed by atoms with Gasteiger partial charge < -0.3 is 20.1 Å². The molecule has 2 N–H and O–H groups in total. The van der Waals surface area contributed by atoms with Gasteiger partial charge in [-0.3, -0.25) is 9.59 Å². The molecule has 2 amide bonds. The van der Waals surface area contributed by atoms with E-state index in [4.69, 9.17) is 9.47 Å². The molecule has 0 saturated heterocycles. The summed E-state index contributed by atoms with van der Waals surface area (Å²) in [4.78, 5) is 35.4. The summed E-state index contributed by atoms with van der Waals surface area (Å²) in [7, 11) is 1.45. The van der Waals surface area contributed by atoms with Crippen molar-refractivity contribution in [2.24, 2.45) is 0 Å². The van der Waals surface area contributed by atoms with E-state index in [-0.39, 0.29) is 11.5 Å². The first-order valence-corrected chi connectivity index (χ1v) is 7.93. The number of benzene rings is 2. The highest BCUT2D eigenvalue weighted by atomic mass is 16.5. The summed E-state index contributed by atoms with van der Waals surface area (Å²) in [5.74, 6) is -0.927. The number of hydrogen-bond donors (Lipinski definition) is 2. The van der Waals surface area contributed by atoms with Gasteiger partial charge in [-0.1, -0.05) is 12.1 Å². The number of carbonyl (C=O) groups excluding carboxylic acids is 3. The summed E-state index contributed by atoms with van der Waals surface area (Å²) in [6, 6.07) is 13.2. The predicted octanol–water partition coefficient (Wildman–Crippen LogP) is 2.84. The minimum absolute atomic E-state index is 0.182. The molecule has 0 bridgehead atoms. The zero-order valence-corrected chi connectivity index (χ0v) is 14.7. The maximum Gasteiger partial charge on any atom is 0.342 e. The first-order chi connectivity index (χ1) is 12.4. The Balaban J connectivity index is 1.96. The molecule has 2 rings (SSSR count). The maximum absolute atomic E-state index is 12.2. The molecule has 26 heavy (non-hydrogen) atoms. The molecule has 0 heterocycles. The van der Waals surface area contributed by atoms with Crippen molar-refractivity contribution in [3.05, 3.63) is 54.1 Å². The Labute approximate surface area is 151 Å². The number of nitrogens with one attached hydrogen (secondary N) is 2. The van der Waals surface area contributed by atoms with Crippen molar-refractivity contribution < 1.29 is 23.9 Å². The molecular weight excluding hydrogens is 336 g/mol. The van der Waals surface area contributed by atoms with Crippen LogP contribution in [-0.4, -0.2) is 31.0 Å². The Morgan fingerprint density at radius 3 is 2.08 bits per heavy atom. The fourth-order valence-corrected chi connectivity index (χ4v) is 2.17. The van der Waals surface area contributed by atoms with Crippen LogP contribution in [0.1, 0.15) is 24.2 Å². The molecule has 0 aliphatic carbocycles. The number of anilines is 2. The van der Waals surface area contributed by atoms with E-state index in [0.29, 0.717) is 17.1 Å². The molecule has 0 radical (unpaired) electrons. The summed E-state index contributed by atoms with van der Waals surface area (Å²) in [6.07, 6.45) is -0.998. The van der Waals surface area contributed by atoms with Gasteiger partial charge in [0.2, 0.25) is 5.91 Å². The van der Waals surface area contributed by atoms with Gasteiger partial charge in [0.15, 0.2) is 6.10 Å². The highest BCUT2D eigenvalue weighted by molar-refractivity contribution is 5.98. The van der Waals surface area contributed by atoms with Crippen molar-refractivity contribution in [3.8, 4) is 5.75 Å². The Morgan fingerprint density at radius 1 is 0.923 bits per heavy atom. The second-order valence-electron chi connectivity index (χ2n) is 5.50. The molecule has 0 aliphatic rings. The van der Waals surface area contributed by atoms with Gasteiger partial charge in [0.1, 0.15) is 11.3 Å². The normalized spacial score (nSPS) is 11.2. The summed E-state index contributed by atoms with van der Waals surface area (Å²) in [5, 5.41) is 5.28. The van der Waals surface area contributed by atoms with Gasteiger partial charge in [0, 0.05) is 18.3 Å². The van der Waals surface area contributed by atoms with Crippen molar-refractivity contribution in [3.63, 3.8) is 0 Å². The number of amides is 2. The average molecular weight is 356 g/mol. The largest absolute Gasteiger partial charge is 0.496 e. The van der Waals surface area contributed by atoms with Crippen molar-refractivity contribution in [1.29, 1.82) is 0 Å². The molecule has 0 saturated carbocycles. The minimum atomic E-state index is -0.998. The van der Waals surface area contributed by atoms with Crippen molar-refractivity contribution in [1.82, 2.24) is 0 Å². The van der Waals surface area contributed by atoms with Crippen LogP contribution in [0.3, 0.4) is 0 Å². The van der Waals surface area contributed by atoms with E-state index in [1.54, 1.807) is 48.5 Å². The standard InChI is InChI=1S/C19H20N2O5/c1-12(26-19(24)16-6-4-5-7-17(16)25-3)18(23)21-15-10-8-14(9-11-15)20-13(2)22/h4-12H,1-3H3,(H,20,22)(H,21,23)/t12-/m1/s1. The summed E-state index contributed by atoms with van der Waals surface area (Å²) in [5.41, 5.74) is 1.38. The van der Waals surface area contributed by atoms with Crippen LogP contribution in [0.2, 0.25) is 0 Å². The lowest BCUT2D eigenvalue weighted by Gasteiger charge is -2.15. The van der Waals surface area contributed by atoms with Crippen molar-refractivity contribution in [2.75, 3.05) is 17.7 Å². The maximum atomic E-state index is 12.2. The molecule has 0 fully saturated rings. The zero-order chi connectivity index (χ0) is 19.1. The number of carbonyl (C=O) groups is 3. The molecule has 2 aromatic rings.